The highest BCUT2D eigenvalue weighted by Gasteiger charge is 2.40. The van der Waals surface area contributed by atoms with Crippen molar-refractivity contribution in [1.29, 1.82) is 0 Å². The number of ether oxygens (including phenoxy) is 1. The number of halogens is 4. The maximum absolute atomic E-state index is 12.8. The van der Waals surface area contributed by atoms with Gasteiger partial charge in [-0.25, -0.2) is 4.79 Å². The Morgan fingerprint density at radius 2 is 1.83 bits per heavy atom. The molecule has 10 heteroatoms. The molecular formula is C14H11ClF3N3O3. The van der Waals surface area contributed by atoms with Crippen LogP contribution in [0.3, 0.4) is 0 Å². The molecule has 0 radical (unpaired) electrons. The molecule has 2 rings (SSSR count). The van der Waals surface area contributed by atoms with Gasteiger partial charge in [0, 0.05) is 12.7 Å². The van der Waals surface area contributed by atoms with Crippen LogP contribution in [0.1, 0.15) is 26.5 Å². The summed E-state index contributed by atoms with van der Waals surface area (Å²) in [6, 6.07) is 5.57. The van der Waals surface area contributed by atoms with Gasteiger partial charge < -0.3 is 10.1 Å². The SMILES string of the molecule is COC(=O)c1ccc(NC(=O)c2nn(C)c(C(F)(F)F)c2Cl)cc1. The molecule has 0 spiro atoms. The standard InChI is InChI=1S/C14H11ClF3N3O3/c1-21-11(14(16,17)18)9(15)10(20-21)12(22)19-8-5-3-7(4-6-8)13(23)24-2/h3-6H,1-2H3,(H,19,22). The molecule has 0 unspecified atom stereocenters. The van der Waals surface area contributed by atoms with Gasteiger partial charge in [-0.05, 0) is 24.3 Å². The molecule has 0 aliphatic heterocycles. The van der Waals surface area contributed by atoms with Crippen molar-refractivity contribution in [2.75, 3.05) is 12.4 Å². The zero-order valence-corrected chi connectivity index (χ0v) is 13.2. The maximum atomic E-state index is 12.8. The van der Waals surface area contributed by atoms with E-state index in [0.717, 1.165) is 7.05 Å². The molecule has 0 fully saturated rings. The predicted molar refractivity (Wildman–Crippen MR) is 79.0 cm³/mol. The molecule has 0 saturated carbocycles. The van der Waals surface area contributed by atoms with Gasteiger partial charge in [-0.2, -0.15) is 18.3 Å². The number of methoxy groups -OCH3 is 1. The number of rotatable bonds is 3. The summed E-state index contributed by atoms with van der Waals surface area (Å²) in [7, 11) is 2.26. The quantitative estimate of drug-likeness (QED) is 0.852. The Bertz CT molecular complexity index is 785. The van der Waals surface area contributed by atoms with E-state index in [4.69, 9.17) is 11.6 Å². The lowest BCUT2D eigenvalue weighted by Crippen LogP contribution is -2.13. The highest BCUT2D eigenvalue weighted by atomic mass is 35.5. The first-order chi connectivity index (χ1) is 11.1. The maximum Gasteiger partial charge on any atom is 0.434 e. The molecule has 0 aliphatic carbocycles. The van der Waals surface area contributed by atoms with E-state index < -0.39 is 34.5 Å². The third-order valence-corrected chi connectivity index (χ3v) is 3.39. The van der Waals surface area contributed by atoms with E-state index in [1.165, 1.54) is 31.4 Å². The fourth-order valence-electron chi connectivity index (χ4n) is 1.95. The molecular weight excluding hydrogens is 351 g/mol. The highest BCUT2D eigenvalue weighted by molar-refractivity contribution is 6.34. The number of carbonyl (C=O) groups excluding carboxylic acids is 2. The number of amides is 1. The first-order valence-electron chi connectivity index (χ1n) is 6.44. The number of nitrogens with zero attached hydrogens (tertiary/aromatic N) is 2. The Labute approximate surface area is 139 Å². The molecule has 1 N–H and O–H groups in total. The lowest BCUT2D eigenvalue weighted by atomic mass is 10.2. The van der Waals surface area contributed by atoms with E-state index in [-0.39, 0.29) is 11.3 Å². The van der Waals surface area contributed by atoms with Crippen LogP contribution in [0.4, 0.5) is 18.9 Å². The molecule has 1 heterocycles. The van der Waals surface area contributed by atoms with Crippen molar-refractivity contribution in [2.24, 2.45) is 7.05 Å². The summed E-state index contributed by atoms with van der Waals surface area (Å²) in [6.07, 6.45) is -4.74. The van der Waals surface area contributed by atoms with Crippen molar-refractivity contribution < 1.29 is 27.5 Å². The van der Waals surface area contributed by atoms with Crippen molar-refractivity contribution in [3.8, 4) is 0 Å². The van der Waals surface area contributed by atoms with Crippen molar-refractivity contribution in [3.05, 3.63) is 46.2 Å². The Morgan fingerprint density at radius 3 is 2.29 bits per heavy atom. The van der Waals surface area contributed by atoms with Crippen LogP contribution in [0.2, 0.25) is 5.02 Å². The minimum atomic E-state index is -4.74. The number of hydrogen-bond donors (Lipinski definition) is 1. The first kappa shape index (κ1) is 17.8. The average Bonchev–Trinajstić information content (AvgIpc) is 2.82. The molecule has 0 atom stereocenters. The number of carbonyl (C=O) groups is 2. The second kappa shape index (κ2) is 6.52. The monoisotopic (exact) mass is 361 g/mol. The van der Waals surface area contributed by atoms with Gasteiger partial charge in [0.25, 0.3) is 5.91 Å². The van der Waals surface area contributed by atoms with Gasteiger partial charge in [-0.3, -0.25) is 9.48 Å². The van der Waals surface area contributed by atoms with Crippen LogP contribution in [0.5, 0.6) is 0 Å². The number of nitrogens with one attached hydrogen (secondary N) is 1. The number of aromatic nitrogens is 2. The third kappa shape index (κ3) is 3.51. The third-order valence-electron chi connectivity index (χ3n) is 3.04. The molecule has 128 valence electrons. The van der Waals surface area contributed by atoms with Crippen molar-refractivity contribution in [1.82, 2.24) is 9.78 Å². The number of esters is 1. The van der Waals surface area contributed by atoms with Crippen molar-refractivity contribution in [3.63, 3.8) is 0 Å². The van der Waals surface area contributed by atoms with Crippen molar-refractivity contribution in [2.45, 2.75) is 6.18 Å². The lowest BCUT2D eigenvalue weighted by molar-refractivity contribution is -0.143. The van der Waals surface area contributed by atoms with E-state index >= 15 is 0 Å². The molecule has 0 aliphatic rings. The summed E-state index contributed by atoms with van der Waals surface area (Å²) < 4.78 is 43.6. The largest absolute Gasteiger partial charge is 0.465 e. The fourth-order valence-corrected chi connectivity index (χ4v) is 2.30. The molecule has 24 heavy (non-hydrogen) atoms. The number of benzene rings is 1. The molecule has 1 aromatic heterocycles. The zero-order chi connectivity index (χ0) is 18.1. The number of hydrogen-bond acceptors (Lipinski definition) is 4. The predicted octanol–water partition coefficient (Wildman–Crippen LogP) is 3.13. The topological polar surface area (TPSA) is 73.2 Å². The van der Waals surface area contributed by atoms with Crippen LogP contribution in [-0.2, 0) is 18.0 Å². The van der Waals surface area contributed by atoms with E-state index in [0.29, 0.717) is 4.68 Å². The molecule has 2 aromatic rings. The number of aryl methyl sites for hydroxylation is 1. The van der Waals surface area contributed by atoms with Gasteiger partial charge in [-0.1, -0.05) is 11.6 Å². The minimum absolute atomic E-state index is 0.253. The summed E-state index contributed by atoms with van der Waals surface area (Å²) in [6.45, 7) is 0. The van der Waals surface area contributed by atoms with Crippen LogP contribution in [0.25, 0.3) is 0 Å². The minimum Gasteiger partial charge on any atom is -0.465 e. The Kier molecular flexibility index (Phi) is 4.83. The summed E-state index contributed by atoms with van der Waals surface area (Å²) in [5.74, 6) is -1.47. The summed E-state index contributed by atoms with van der Waals surface area (Å²) in [5, 5.41) is 5.08. The van der Waals surface area contributed by atoms with Gasteiger partial charge in [-0.15, -0.1) is 0 Å². The molecule has 1 aromatic carbocycles. The molecule has 6 nitrogen and oxygen atoms in total. The normalized spacial score (nSPS) is 11.2. The van der Waals surface area contributed by atoms with Crippen LogP contribution in [-0.4, -0.2) is 28.8 Å². The Morgan fingerprint density at radius 1 is 1.25 bits per heavy atom. The van der Waals surface area contributed by atoms with Gasteiger partial charge in [0.15, 0.2) is 11.4 Å². The van der Waals surface area contributed by atoms with Gasteiger partial charge in [0.2, 0.25) is 0 Å². The molecule has 0 saturated heterocycles. The second-order valence-corrected chi connectivity index (χ2v) is 5.03. The average molecular weight is 362 g/mol. The van der Waals surface area contributed by atoms with Crippen LogP contribution in [0, 0.1) is 0 Å². The van der Waals surface area contributed by atoms with Crippen LogP contribution < -0.4 is 5.32 Å². The second-order valence-electron chi connectivity index (χ2n) is 4.66. The van der Waals surface area contributed by atoms with Gasteiger partial charge in [0.05, 0.1) is 12.7 Å². The van der Waals surface area contributed by atoms with E-state index in [9.17, 15) is 22.8 Å². The molecule has 0 bridgehead atoms. The number of alkyl halides is 3. The van der Waals surface area contributed by atoms with E-state index in [1.54, 1.807) is 0 Å². The number of anilines is 1. The zero-order valence-electron chi connectivity index (χ0n) is 12.4. The van der Waals surface area contributed by atoms with Crippen molar-refractivity contribution >= 4 is 29.2 Å². The molecule has 1 amide bonds. The summed E-state index contributed by atoms with van der Waals surface area (Å²) in [4.78, 5) is 23.4. The Balaban J connectivity index is 2.23. The summed E-state index contributed by atoms with van der Waals surface area (Å²) in [5.41, 5.74) is -1.26. The summed E-state index contributed by atoms with van der Waals surface area (Å²) >= 11 is 5.64. The highest BCUT2D eigenvalue weighted by Crippen LogP contribution is 2.36. The smallest absolute Gasteiger partial charge is 0.434 e. The van der Waals surface area contributed by atoms with Gasteiger partial charge in [0.1, 0.15) is 5.02 Å². The van der Waals surface area contributed by atoms with Crippen LogP contribution in [0.15, 0.2) is 24.3 Å². The van der Waals surface area contributed by atoms with Crippen LogP contribution >= 0.6 is 11.6 Å². The first-order valence-corrected chi connectivity index (χ1v) is 6.82. The van der Waals surface area contributed by atoms with Gasteiger partial charge >= 0.3 is 12.1 Å². The lowest BCUT2D eigenvalue weighted by Gasteiger charge is -2.06. The Hall–Kier alpha value is -2.55. The van der Waals surface area contributed by atoms with E-state index in [1.807, 2.05) is 0 Å². The van der Waals surface area contributed by atoms with E-state index in [2.05, 4.69) is 15.2 Å². The fraction of sp³-hybridized carbons (Fsp3) is 0.214.